The average Bonchev–Trinajstić information content (AvgIpc) is 2.47. The van der Waals surface area contributed by atoms with Gasteiger partial charge in [0, 0.05) is 36.2 Å². The van der Waals surface area contributed by atoms with Crippen molar-refractivity contribution in [3.05, 3.63) is 0 Å². The number of guanidine groups is 1. The molecule has 1 spiro atoms. The summed E-state index contributed by atoms with van der Waals surface area (Å²) in [6.45, 7) is 8.32. The zero-order chi connectivity index (χ0) is 16.9. The molecule has 2 fully saturated rings. The van der Waals surface area contributed by atoms with Crippen molar-refractivity contribution in [3.8, 4) is 0 Å². The van der Waals surface area contributed by atoms with Gasteiger partial charge in [-0.25, -0.2) is 0 Å². The van der Waals surface area contributed by atoms with Gasteiger partial charge in [0.2, 0.25) is 5.91 Å². The second-order valence-corrected chi connectivity index (χ2v) is 9.28. The monoisotopic (exact) mass is 340 g/mol. The first kappa shape index (κ1) is 18.4. The Balaban J connectivity index is 1.89. The van der Waals surface area contributed by atoms with Gasteiger partial charge in [-0.15, -0.1) is 0 Å². The Morgan fingerprint density at radius 3 is 2.57 bits per heavy atom. The molecule has 1 heterocycles. The molecule has 1 amide bonds. The second kappa shape index (κ2) is 7.77. The number of carbonyl (C=O) groups is 1. The highest BCUT2D eigenvalue weighted by Crippen LogP contribution is 2.42. The summed E-state index contributed by atoms with van der Waals surface area (Å²) in [6, 6.07) is 0. The van der Waals surface area contributed by atoms with Crippen molar-refractivity contribution in [3.63, 3.8) is 0 Å². The van der Waals surface area contributed by atoms with E-state index in [1.54, 1.807) is 7.05 Å². The van der Waals surface area contributed by atoms with Gasteiger partial charge in [-0.1, -0.05) is 19.3 Å². The Morgan fingerprint density at radius 1 is 1.26 bits per heavy atom. The van der Waals surface area contributed by atoms with E-state index < -0.39 is 0 Å². The molecule has 0 aromatic heterocycles. The number of rotatable bonds is 2. The van der Waals surface area contributed by atoms with Crippen molar-refractivity contribution in [1.82, 2.24) is 15.5 Å². The molecule has 132 valence electrons. The zero-order valence-corrected chi connectivity index (χ0v) is 15.9. The van der Waals surface area contributed by atoms with E-state index in [0.717, 1.165) is 24.8 Å². The molecule has 1 saturated carbocycles. The van der Waals surface area contributed by atoms with Gasteiger partial charge in [0.15, 0.2) is 5.96 Å². The van der Waals surface area contributed by atoms with Crippen molar-refractivity contribution in [1.29, 1.82) is 0 Å². The van der Waals surface area contributed by atoms with Crippen molar-refractivity contribution < 1.29 is 4.79 Å². The molecule has 0 bridgehead atoms. The molecular formula is C17H32N4OS. The number of nitrogens with zero attached hydrogens (tertiary/aromatic N) is 2. The SMILES string of the molecule is CN=C(NCC(=O)NC(C)(C)C)N1CCSC2(CCCCC2)C1. The fourth-order valence-electron chi connectivity index (χ4n) is 3.48. The summed E-state index contributed by atoms with van der Waals surface area (Å²) in [5.41, 5.74) is -0.198. The zero-order valence-electron chi connectivity index (χ0n) is 15.1. The summed E-state index contributed by atoms with van der Waals surface area (Å²) in [5.74, 6) is 2.02. The van der Waals surface area contributed by atoms with Gasteiger partial charge in [0.1, 0.15) is 0 Å². The highest BCUT2D eigenvalue weighted by molar-refractivity contribution is 8.00. The van der Waals surface area contributed by atoms with Crippen LogP contribution in [-0.2, 0) is 4.79 Å². The first-order valence-corrected chi connectivity index (χ1v) is 9.73. The maximum atomic E-state index is 12.0. The first-order chi connectivity index (χ1) is 10.8. The van der Waals surface area contributed by atoms with Gasteiger partial charge >= 0.3 is 0 Å². The molecular weight excluding hydrogens is 308 g/mol. The quantitative estimate of drug-likeness (QED) is 0.598. The van der Waals surface area contributed by atoms with Gasteiger partial charge < -0.3 is 15.5 Å². The van der Waals surface area contributed by atoms with Gasteiger partial charge in [0.25, 0.3) is 0 Å². The van der Waals surface area contributed by atoms with Crippen LogP contribution in [0.2, 0.25) is 0 Å². The van der Waals surface area contributed by atoms with Gasteiger partial charge in [-0.3, -0.25) is 9.79 Å². The third-order valence-electron chi connectivity index (χ3n) is 4.45. The molecule has 1 aliphatic carbocycles. The number of hydrogen-bond donors (Lipinski definition) is 2. The molecule has 5 nitrogen and oxygen atoms in total. The normalized spacial score (nSPS) is 22.1. The van der Waals surface area contributed by atoms with Crippen LogP contribution in [0.1, 0.15) is 52.9 Å². The van der Waals surface area contributed by atoms with Crippen molar-refractivity contribution in [2.24, 2.45) is 4.99 Å². The summed E-state index contributed by atoms with van der Waals surface area (Å²) in [4.78, 5) is 18.7. The minimum absolute atomic E-state index is 0.0115. The molecule has 6 heteroatoms. The molecule has 0 atom stereocenters. The minimum Gasteiger partial charge on any atom is -0.350 e. The van der Waals surface area contributed by atoms with E-state index in [1.807, 2.05) is 20.8 Å². The Hall–Kier alpha value is -0.910. The van der Waals surface area contributed by atoms with Crippen LogP contribution in [0.3, 0.4) is 0 Å². The lowest BCUT2D eigenvalue weighted by Crippen LogP contribution is -2.55. The molecule has 2 aliphatic rings. The maximum Gasteiger partial charge on any atom is 0.239 e. The van der Waals surface area contributed by atoms with E-state index in [0.29, 0.717) is 4.75 Å². The lowest BCUT2D eigenvalue weighted by molar-refractivity contribution is -0.121. The summed E-state index contributed by atoms with van der Waals surface area (Å²) in [6.07, 6.45) is 6.70. The van der Waals surface area contributed by atoms with E-state index in [2.05, 4.69) is 32.3 Å². The predicted molar refractivity (Wildman–Crippen MR) is 99.1 cm³/mol. The molecule has 0 aromatic rings. The highest BCUT2D eigenvalue weighted by atomic mass is 32.2. The largest absolute Gasteiger partial charge is 0.350 e. The third-order valence-corrected chi connectivity index (χ3v) is 5.98. The topological polar surface area (TPSA) is 56.7 Å². The lowest BCUT2D eigenvalue weighted by atomic mass is 9.87. The fraction of sp³-hybridized carbons (Fsp3) is 0.882. The molecule has 1 saturated heterocycles. The van der Waals surface area contributed by atoms with Crippen LogP contribution >= 0.6 is 11.8 Å². The van der Waals surface area contributed by atoms with E-state index in [4.69, 9.17) is 0 Å². The van der Waals surface area contributed by atoms with E-state index >= 15 is 0 Å². The molecule has 0 unspecified atom stereocenters. The minimum atomic E-state index is -0.198. The molecule has 0 radical (unpaired) electrons. The van der Waals surface area contributed by atoms with Crippen LogP contribution in [0.4, 0.5) is 0 Å². The van der Waals surface area contributed by atoms with Gasteiger partial charge in [0.05, 0.1) is 6.54 Å². The number of thioether (sulfide) groups is 1. The highest BCUT2D eigenvalue weighted by Gasteiger charge is 2.38. The Labute approximate surface area is 145 Å². The molecule has 2 rings (SSSR count). The third kappa shape index (κ3) is 5.59. The van der Waals surface area contributed by atoms with Crippen LogP contribution in [0.5, 0.6) is 0 Å². The number of hydrogen-bond acceptors (Lipinski definition) is 3. The standard InChI is InChI=1S/C17H32N4OS/c1-16(2,3)20-14(22)12-19-15(18-4)21-10-11-23-17(13-21)8-6-5-7-9-17/h5-13H2,1-4H3,(H,18,19)(H,20,22). The van der Waals surface area contributed by atoms with Gasteiger partial charge in [-0.05, 0) is 33.6 Å². The molecule has 23 heavy (non-hydrogen) atoms. The van der Waals surface area contributed by atoms with Crippen molar-refractivity contribution in [2.75, 3.05) is 32.4 Å². The Kier molecular flexibility index (Phi) is 6.23. The predicted octanol–water partition coefficient (Wildman–Crippen LogP) is 2.23. The lowest BCUT2D eigenvalue weighted by Gasteiger charge is -2.45. The summed E-state index contributed by atoms with van der Waals surface area (Å²) in [7, 11) is 1.80. The molecule has 1 aliphatic heterocycles. The van der Waals surface area contributed by atoms with Crippen LogP contribution in [0, 0.1) is 0 Å². The number of nitrogens with one attached hydrogen (secondary N) is 2. The first-order valence-electron chi connectivity index (χ1n) is 8.74. The van der Waals surface area contributed by atoms with Crippen molar-refractivity contribution in [2.45, 2.75) is 63.2 Å². The van der Waals surface area contributed by atoms with Crippen LogP contribution in [0.25, 0.3) is 0 Å². The smallest absolute Gasteiger partial charge is 0.239 e. The average molecular weight is 341 g/mol. The number of carbonyl (C=O) groups excluding carboxylic acids is 1. The summed E-state index contributed by atoms with van der Waals surface area (Å²) >= 11 is 2.15. The molecule has 0 aromatic carbocycles. The van der Waals surface area contributed by atoms with E-state index in [9.17, 15) is 4.79 Å². The van der Waals surface area contributed by atoms with Gasteiger partial charge in [-0.2, -0.15) is 11.8 Å². The number of aliphatic imine (C=N–C) groups is 1. The Morgan fingerprint density at radius 2 is 1.96 bits per heavy atom. The fourth-order valence-corrected chi connectivity index (χ4v) is 5.05. The van der Waals surface area contributed by atoms with Crippen LogP contribution < -0.4 is 10.6 Å². The van der Waals surface area contributed by atoms with E-state index in [-0.39, 0.29) is 18.0 Å². The summed E-state index contributed by atoms with van der Waals surface area (Å²) < 4.78 is 0.405. The maximum absolute atomic E-state index is 12.0. The number of amides is 1. The van der Waals surface area contributed by atoms with Crippen LogP contribution in [0.15, 0.2) is 4.99 Å². The van der Waals surface area contributed by atoms with Crippen molar-refractivity contribution >= 4 is 23.6 Å². The Bertz CT molecular complexity index is 433. The second-order valence-electron chi connectivity index (χ2n) is 7.71. The molecule has 2 N–H and O–H groups in total. The van der Waals surface area contributed by atoms with Crippen LogP contribution in [-0.4, -0.2) is 59.5 Å². The van der Waals surface area contributed by atoms with E-state index in [1.165, 1.54) is 32.1 Å². The summed E-state index contributed by atoms with van der Waals surface area (Å²) in [5, 5.41) is 6.22.